The molecular weight excluding hydrogens is 274 g/mol. The smallest absolute Gasteiger partial charge is 0.223 e. The quantitative estimate of drug-likeness (QED) is 0.847. The van der Waals surface area contributed by atoms with Crippen molar-refractivity contribution in [1.82, 2.24) is 4.90 Å². The van der Waals surface area contributed by atoms with Crippen molar-refractivity contribution in [3.8, 4) is 0 Å². The lowest BCUT2D eigenvalue weighted by molar-refractivity contribution is -0.144. The number of carbonyl (C=O) groups is 1. The molecule has 1 aliphatic heterocycles. The Morgan fingerprint density at radius 2 is 1.73 bits per heavy atom. The Morgan fingerprint density at radius 3 is 2.23 bits per heavy atom. The highest BCUT2D eigenvalue weighted by Crippen LogP contribution is 2.30. The van der Waals surface area contributed by atoms with Crippen molar-refractivity contribution in [1.29, 1.82) is 0 Å². The van der Waals surface area contributed by atoms with E-state index in [1.807, 2.05) is 4.90 Å². The Balaban J connectivity index is 2.13. The summed E-state index contributed by atoms with van der Waals surface area (Å²) in [7, 11) is 0. The molecule has 122 valence electrons. The normalized spacial score (nSPS) is 23.6. The number of nitrogens with zero attached hydrogens (tertiary/aromatic N) is 1. The predicted molar refractivity (Wildman–Crippen MR) is 90.0 cm³/mol. The van der Waals surface area contributed by atoms with Crippen LogP contribution in [-0.4, -0.2) is 36.1 Å². The Labute approximate surface area is 134 Å². The molecule has 0 saturated carbocycles. The van der Waals surface area contributed by atoms with Crippen molar-refractivity contribution in [2.45, 2.75) is 59.0 Å². The van der Waals surface area contributed by atoms with Gasteiger partial charge in [-0.3, -0.25) is 4.79 Å². The minimum Gasteiger partial charge on any atom is -0.377 e. The van der Waals surface area contributed by atoms with Crippen LogP contribution < -0.4 is 0 Å². The summed E-state index contributed by atoms with van der Waals surface area (Å²) in [6, 6.07) is 8.94. The molecule has 3 nitrogen and oxygen atoms in total. The first-order valence-electron chi connectivity index (χ1n) is 8.35. The second kappa shape index (κ2) is 7.28. The van der Waals surface area contributed by atoms with Gasteiger partial charge in [-0.25, -0.2) is 0 Å². The molecule has 1 amide bonds. The number of hydrogen-bond acceptors (Lipinski definition) is 2. The van der Waals surface area contributed by atoms with Crippen LogP contribution in [0.3, 0.4) is 0 Å². The molecule has 0 aromatic heterocycles. The molecule has 1 fully saturated rings. The van der Waals surface area contributed by atoms with Crippen LogP contribution in [0.1, 0.15) is 51.2 Å². The third-order valence-corrected chi connectivity index (χ3v) is 4.66. The summed E-state index contributed by atoms with van der Waals surface area (Å²) in [6.07, 6.45) is 0.579. The zero-order chi connectivity index (χ0) is 16.3. The highest BCUT2D eigenvalue weighted by Gasteiger charge is 2.31. The molecule has 0 bridgehead atoms. The first-order valence-corrected chi connectivity index (χ1v) is 8.35. The Morgan fingerprint density at radius 1 is 1.18 bits per heavy atom. The van der Waals surface area contributed by atoms with Gasteiger partial charge in [0.2, 0.25) is 5.91 Å². The molecule has 1 heterocycles. The first-order chi connectivity index (χ1) is 10.4. The molecular formula is C19H29NO2. The maximum absolute atomic E-state index is 12.8. The highest BCUT2D eigenvalue weighted by molar-refractivity contribution is 5.78. The van der Waals surface area contributed by atoms with Crippen LogP contribution in [0.4, 0.5) is 0 Å². The van der Waals surface area contributed by atoms with Crippen molar-refractivity contribution in [3.63, 3.8) is 0 Å². The molecule has 0 radical (unpaired) electrons. The fraction of sp³-hybridized carbons (Fsp3) is 0.632. The second-order valence-corrected chi connectivity index (χ2v) is 7.00. The summed E-state index contributed by atoms with van der Waals surface area (Å²) >= 11 is 0. The van der Waals surface area contributed by atoms with E-state index in [9.17, 15) is 4.79 Å². The molecule has 1 aromatic carbocycles. The van der Waals surface area contributed by atoms with Gasteiger partial charge in [0, 0.05) is 6.42 Å². The van der Waals surface area contributed by atoms with Crippen LogP contribution in [0.25, 0.3) is 0 Å². The molecule has 1 aliphatic rings. The van der Waals surface area contributed by atoms with Gasteiger partial charge in [0.15, 0.2) is 0 Å². The molecule has 0 spiro atoms. The molecule has 22 heavy (non-hydrogen) atoms. The zero-order valence-corrected chi connectivity index (χ0v) is 14.5. The topological polar surface area (TPSA) is 29.5 Å². The number of carbonyl (C=O) groups excluding carboxylic acids is 1. The van der Waals surface area contributed by atoms with Crippen molar-refractivity contribution >= 4 is 5.91 Å². The van der Waals surface area contributed by atoms with Gasteiger partial charge in [0.1, 0.15) is 0 Å². The second-order valence-electron chi connectivity index (χ2n) is 7.00. The number of rotatable bonds is 4. The van der Waals surface area contributed by atoms with Crippen LogP contribution in [0.15, 0.2) is 24.3 Å². The Bertz CT molecular complexity index is 485. The van der Waals surface area contributed by atoms with Crippen molar-refractivity contribution in [2.24, 2.45) is 5.92 Å². The highest BCUT2D eigenvalue weighted by atomic mass is 16.5. The lowest BCUT2D eigenvalue weighted by Gasteiger charge is -2.39. The summed E-state index contributed by atoms with van der Waals surface area (Å²) in [5, 5.41) is 0. The number of amides is 1. The standard InChI is InChI=1S/C19H29NO2/c1-13(2)18(17-8-6-14(3)7-9-17)10-19(21)20-15(4)11-22-12-16(20)5/h6-9,13,15-16,18H,10-12H2,1-5H3. The van der Waals surface area contributed by atoms with Gasteiger partial charge in [-0.2, -0.15) is 0 Å². The minimum absolute atomic E-state index is 0.169. The van der Waals surface area contributed by atoms with Crippen LogP contribution in [0.5, 0.6) is 0 Å². The van der Waals surface area contributed by atoms with E-state index in [4.69, 9.17) is 4.74 Å². The SMILES string of the molecule is Cc1ccc(C(CC(=O)N2C(C)COCC2C)C(C)C)cc1. The summed E-state index contributed by atoms with van der Waals surface area (Å²) in [5.41, 5.74) is 2.52. The average molecular weight is 303 g/mol. The third-order valence-electron chi connectivity index (χ3n) is 4.66. The average Bonchev–Trinajstić information content (AvgIpc) is 2.45. The molecule has 3 unspecified atom stereocenters. The number of ether oxygens (including phenoxy) is 1. The lowest BCUT2D eigenvalue weighted by atomic mass is 9.85. The molecule has 1 saturated heterocycles. The first kappa shape index (κ1) is 17.0. The summed E-state index contributed by atoms with van der Waals surface area (Å²) in [4.78, 5) is 14.9. The molecule has 2 rings (SSSR count). The van der Waals surface area contributed by atoms with E-state index in [0.29, 0.717) is 25.6 Å². The molecule has 1 aromatic rings. The summed E-state index contributed by atoms with van der Waals surface area (Å²) in [6.45, 7) is 11.9. The monoisotopic (exact) mass is 303 g/mol. The molecule has 3 atom stereocenters. The van der Waals surface area contributed by atoms with Gasteiger partial charge in [-0.1, -0.05) is 43.7 Å². The summed E-state index contributed by atoms with van der Waals surface area (Å²) in [5.74, 6) is 0.969. The van der Waals surface area contributed by atoms with E-state index in [-0.39, 0.29) is 23.9 Å². The maximum atomic E-state index is 12.8. The van der Waals surface area contributed by atoms with Crippen molar-refractivity contribution < 1.29 is 9.53 Å². The maximum Gasteiger partial charge on any atom is 0.223 e. The number of aryl methyl sites for hydroxylation is 1. The predicted octanol–water partition coefficient (Wildman–Crippen LogP) is 3.76. The third kappa shape index (κ3) is 3.89. The number of benzene rings is 1. The zero-order valence-electron chi connectivity index (χ0n) is 14.5. The van der Waals surface area contributed by atoms with Crippen molar-refractivity contribution in [3.05, 3.63) is 35.4 Å². The lowest BCUT2D eigenvalue weighted by Crippen LogP contribution is -2.52. The van der Waals surface area contributed by atoms with E-state index < -0.39 is 0 Å². The Hall–Kier alpha value is -1.35. The molecule has 0 N–H and O–H groups in total. The molecule has 3 heteroatoms. The van der Waals surface area contributed by atoms with Crippen LogP contribution in [0.2, 0.25) is 0 Å². The van der Waals surface area contributed by atoms with E-state index in [0.717, 1.165) is 0 Å². The van der Waals surface area contributed by atoms with Gasteiger partial charge in [-0.05, 0) is 38.2 Å². The van der Waals surface area contributed by atoms with Gasteiger partial charge < -0.3 is 9.64 Å². The van der Waals surface area contributed by atoms with E-state index >= 15 is 0 Å². The van der Waals surface area contributed by atoms with Gasteiger partial charge in [0.05, 0.1) is 25.3 Å². The largest absolute Gasteiger partial charge is 0.377 e. The number of morpholine rings is 1. The van der Waals surface area contributed by atoms with Crippen molar-refractivity contribution in [2.75, 3.05) is 13.2 Å². The van der Waals surface area contributed by atoms with Crippen LogP contribution in [-0.2, 0) is 9.53 Å². The van der Waals surface area contributed by atoms with Gasteiger partial charge in [0.25, 0.3) is 0 Å². The fourth-order valence-corrected chi connectivity index (χ4v) is 3.34. The van der Waals surface area contributed by atoms with Crippen LogP contribution in [0, 0.1) is 12.8 Å². The number of hydrogen-bond donors (Lipinski definition) is 0. The van der Waals surface area contributed by atoms with E-state index in [2.05, 4.69) is 58.9 Å². The van der Waals surface area contributed by atoms with E-state index in [1.54, 1.807) is 0 Å². The molecule has 0 aliphatic carbocycles. The summed E-state index contributed by atoms with van der Waals surface area (Å²) < 4.78 is 5.53. The fourth-order valence-electron chi connectivity index (χ4n) is 3.34. The Kier molecular flexibility index (Phi) is 5.63. The van der Waals surface area contributed by atoms with Gasteiger partial charge >= 0.3 is 0 Å². The van der Waals surface area contributed by atoms with Crippen LogP contribution >= 0.6 is 0 Å². The van der Waals surface area contributed by atoms with Gasteiger partial charge in [-0.15, -0.1) is 0 Å². The van der Waals surface area contributed by atoms with E-state index in [1.165, 1.54) is 11.1 Å². The minimum atomic E-state index is 0.169.